The van der Waals surface area contributed by atoms with E-state index in [9.17, 15) is 4.79 Å². The number of nitrogens with two attached hydrogens (primary N) is 1. The predicted molar refractivity (Wildman–Crippen MR) is 54.5 cm³/mol. The Hall–Kier alpha value is -1.43. The molecule has 0 aliphatic heterocycles. The van der Waals surface area contributed by atoms with Crippen LogP contribution in [0.1, 0.15) is 17.9 Å². The summed E-state index contributed by atoms with van der Waals surface area (Å²) in [6, 6.07) is 1.75. The summed E-state index contributed by atoms with van der Waals surface area (Å²) in [6.45, 7) is 2.12. The minimum absolute atomic E-state index is 0.0580. The Bertz CT molecular complexity index is 348. The highest BCUT2D eigenvalue weighted by molar-refractivity contribution is 7.80. The topological polar surface area (TPSA) is 81.2 Å². The van der Waals surface area contributed by atoms with Crippen LogP contribution in [0.3, 0.4) is 0 Å². The van der Waals surface area contributed by atoms with Crippen LogP contribution in [0.15, 0.2) is 10.6 Å². The number of rotatable bonds is 4. The van der Waals surface area contributed by atoms with E-state index < -0.39 is 0 Å². The molecular weight excluding hydrogens is 202 g/mol. The van der Waals surface area contributed by atoms with Crippen molar-refractivity contribution in [1.82, 2.24) is 10.5 Å². The van der Waals surface area contributed by atoms with E-state index in [4.69, 9.17) is 10.3 Å². The smallest absolute Gasteiger partial charge is 0.227 e. The summed E-state index contributed by atoms with van der Waals surface area (Å²) in [5.74, 6) is 0.394. The number of nitrogens with zero attached hydrogens (tertiary/aromatic N) is 1. The number of nitrogens with one attached hydrogen (secondary N) is 1. The summed E-state index contributed by atoms with van der Waals surface area (Å²) < 4.78 is 4.89. The van der Waals surface area contributed by atoms with Gasteiger partial charge in [-0.25, -0.2) is 0 Å². The Morgan fingerprint density at radius 1 is 1.79 bits per heavy atom. The van der Waals surface area contributed by atoms with E-state index in [1.165, 1.54) is 0 Å². The lowest BCUT2D eigenvalue weighted by Crippen LogP contribution is -2.27. The fraction of sp³-hybridized carbons (Fsp3) is 0.375. The third-order valence-corrected chi connectivity index (χ3v) is 1.62. The van der Waals surface area contributed by atoms with Crippen LogP contribution in [0.4, 0.5) is 0 Å². The van der Waals surface area contributed by atoms with Gasteiger partial charge < -0.3 is 15.6 Å². The maximum atomic E-state index is 11.1. The molecule has 0 aromatic carbocycles. The number of carbonyl (C=O) groups is 1. The molecule has 0 atom stereocenters. The van der Waals surface area contributed by atoms with Gasteiger partial charge in [0.25, 0.3) is 0 Å². The van der Waals surface area contributed by atoms with Gasteiger partial charge in [-0.05, 0) is 6.92 Å². The zero-order valence-electron chi connectivity index (χ0n) is 7.74. The van der Waals surface area contributed by atoms with Crippen LogP contribution < -0.4 is 11.1 Å². The van der Waals surface area contributed by atoms with Crippen LogP contribution in [0, 0.1) is 6.92 Å². The summed E-state index contributed by atoms with van der Waals surface area (Å²) in [5.41, 5.74) is 5.98. The molecule has 0 saturated carbocycles. The van der Waals surface area contributed by atoms with Crippen molar-refractivity contribution in [2.45, 2.75) is 19.9 Å². The molecule has 0 radical (unpaired) electrons. The highest BCUT2D eigenvalue weighted by Crippen LogP contribution is 2.00. The van der Waals surface area contributed by atoms with Crippen molar-refractivity contribution >= 4 is 23.1 Å². The first-order valence-corrected chi connectivity index (χ1v) is 4.46. The third-order valence-electron chi connectivity index (χ3n) is 1.47. The van der Waals surface area contributed by atoms with Crippen LogP contribution >= 0.6 is 12.2 Å². The molecule has 0 aliphatic rings. The highest BCUT2D eigenvalue weighted by atomic mass is 32.1. The number of carbonyl (C=O) groups excluding carboxylic acids is 1. The van der Waals surface area contributed by atoms with Crippen molar-refractivity contribution in [3.8, 4) is 0 Å². The molecule has 1 rings (SSSR count). The van der Waals surface area contributed by atoms with Crippen molar-refractivity contribution in [3.05, 3.63) is 17.5 Å². The molecule has 0 unspecified atom stereocenters. The molecule has 1 aromatic rings. The first kappa shape index (κ1) is 10.6. The average molecular weight is 213 g/mol. The Balaban J connectivity index is 2.34. The highest BCUT2D eigenvalue weighted by Gasteiger charge is 2.05. The Kier molecular flexibility index (Phi) is 3.58. The van der Waals surface area contributed by atoms with Gasteiger partial charge in [-0.15, -0.1) is 0 Å². The lowest BCUT2D eigenvalue weighted by atomic mass is 10.3. The molecule has 1 heterocycles. The first-order valence-electron chi connectivity index (χ1n) is 4.05. The summed E-state index contributed by atoms with van der Waals surface area (Å²) >= 11 is 4.59. The van der Waals surface area contributed by atoms with E-state index in [0.717, 1.165) is 5.69 Å². The molecule has 3 N–H and O–H groups in total. The number of hydrogen-bond acceptors (Lipinski definition) is 4. The minimum Gasteiger partial charge on any atom is -0.393 e. The normalized spacial score (nSPS) is 9.79. The number of aromatic nitrogens is 1. The van der Waals surface area contributed by atoms with Gasteiger partial charge in [0.1, 0.15) is 0 Å². The lowest BCUT2D eigenvalue weighted by molar-refractivity contribution is -0.120. The second kappa shape index (κ2) is 4.71. The molecule has 76 valence electrons. The maximum absolute atomic E-state index is 11.1. The molecule has 0 aliphatic carbocycles. The van der Waals surface area contributed by atoms with Gasteiger partial charge >= 0.3 is 0 Å². The number of hydrogen-bond donors (Lipinski definition) is 2. The van der Waals surface area contributed by atoms with Gasteiger partial charge in [0.2, 0.25) is 5.91 Å². The molecule has 5 nitrogen and oxygen atoms in total. The summed E-state index contributed by atoms with van der Waals surface area (Å²) in [4.78, 5) is 11.3. The van der Waals surface area contributed by atoms with E-state index in [2.05, 4.69) is 22.7 Å². The van der Waals surface area contributed by atoms with Gasteiger partial charge in [-0.2, -0.15) is 0 Å². The SMILES string of the molecule is Cc1cc(CNC(=O)CC(N)=S)on1. The molecule has 0 spiro atoms. The fourth-order valence-corrected chi connectivity index (χ4v) is 1.04. The van der Waals surface area contributed by atoms with Crippen molar-refractivity contribution in [2.75, 3.05) is 0 Å². The average Bonchev–Trinajstić information content (AvgIpc) is 2.47. The van der Waals surface area contributed by atoms with Crippen molar-refractivity contribution < 1.29 is 9.32 Å². The van der Waals surface area contributed by atoms with E-state index in [0.29, 0.717) is 12.3 Å². The molecule has 14 heavy (non-hydrogen) atoms. The van der Waals surface area contributed by atoms with Crippen LogP contribution in [-0.2, 0) is 11.3 Å². The fourth-order valence-electron chi connectivity index (χ4n) is 0.906. The number of amides is 1. The molecular formula is C8H11N3O2S. The second-order valence-electron chi connectivity index (χ2n) is 2.85. The Labute approximate surface area is 86.6 Å². The molecule has 6 heteroatoms. The number of aryl methyl sites for hydroxylation is 1. The van der Waals surface area contributed by atoms with E-state index in [-0.39, 0.29) is 17.3 Å². The Morgan fingerprint density at radius 2 is 2.50 bits per heavy atom. The summed E-state index contributed by atoms with van der Waals surface area (Å²) in [6.07, 6.45) is 0.0580. The summed E-state index contributed by atoms with van der Waals surface area (Å²) in [5, 5.41) is 6.28. The molecule has 0 fully saturated rings. The zero-order chi connectivity index (χ0) is 10.6. The van der Waals surface area contributed by atoms with Gasteiger partial charge in [0.15, 0.2) is 5.76 Å². The van der Waals surface area contributed by atoms with E-state index in [1.807, 2.05) is 6.92 Å². The molecule has 0 bridgehead atoms. The quantitative estimate of drug-likeness (QED) is 0.702. The molecule has 1 aromatic heterocycles. The predicted octanol–water partition coefficient (Wildman–Crippen LogP) is 0.275. The first-order chi connectivity index (χ1) is 6.58. The molecule has 1 amide bonds. The number of thiocarbonyl (C=S) groups is 1. The van der Waals surface area contributed by atoms with Gasteiger partial charge in [-0.1, -0.05) is 17.4 Å². The van der Waals surface area contributed by atoms with Crippen LogP contribution in [0.25, 0.3) is 0 Å². The summed E-state index contributed by atoms with van der Waals surface area (Å²) in [7, 11) is 0. The van der Waals surface area contributed by atoms with Crippen molar-refractivity contribution in [1.29, 1.82) is 0 Å². The minimum atomic E-state index is -0.216. The van der Waals surface area contributed by atoms with Crippen molar-refractivity contribution in [2.24, 2.45) is 5.73 Å². The second-order valence-corrected chi connectivity index (χ2v) is 3.38. The van der Waals surface area contributed by atoms with Crippen LogP contribution in [-0.4, -0.2) is 16.1 Å². The van der Waals surface area contributed by atoms with Crippen LogP contribution in [0.2, 0.25) is 0 Å². The van der Waals surface area contributed by atoms with Gasteiger partial charge in [-0.3, -0.25) is 4.79 Å². The standard InChI is InChI=1S/C8H11N3O2S/c1-5-2-6(13-11-5)4-10-8(12)3-7(9)14/h2H,3-4H2,1H3,(H2,9,14)(H,10,12). The van der Waals surface area contributed by atoms with E-state index >= 15 is 0 Å². The van der Waals surface area contributed by atoms with Crippen LogP contribution in [0.5, 0.6) is 0 Å². The van der Waals surface area contributed by atoms with Crippen molar-refractivity contribution in [3.63, 3.8) is 0 Å². The maximum Gasteiger partial charge on any atom is 0.227 e. The van der Waals surface area contributed by atoms with Gasteiger partial charge in [0.05, 0.1) is 23.6 Å². The van der Waals surface area contributed by atoms with Gasteiger partial charge in [0, 0.05) is 6.07 Å². The third kappa shape index (κ3) is 3.53. The molecule has 0 saturated heterocycles. The lowest BCUT2D eigenvalue weighted by Gasteiger charge is -2.00. The zero-order valence-corrected chi connectivity index (χ0v) is 8.56. The monoisotopic (exact) mass is 213 g/mol. The Morgan fingerprint density at radius 3 is 3.00 bits per heavy atom. The largest absolute Gasteiger partial charge is 0.393 e. The van der Waals surface area contributed by atoms with E-state index in [1.54, 1.807) is 6.07 Å².